The monoisotopic (exact) mass is 367 g/mol. The van der Waals surface area contributed by atoms with Crippen LogP contribution in [0.4, 0.5) is 5.69 Å². The number of amides is 1. The first-order valence-electron chi connectivity index (χ1n) is 6.45. The largest absolute Gasteiger partial charge is 0.482 e. The molecule has 10 heteroatoms. The maximum atomic E-state index is 12.6. The van der Waals surface area contributed by atoms with Crippen LogP contribution in [-0.4, -0.2) is 51.4 Å². The molecule has 1 aromatic carbocycles. The number of hydrogen-bond donors (Lipinski definition) is 2. The van der Waals surface area contributed by atoms with E-state index in [1.807, 2.05) is 0 Å². The molecule has 0 bridgehead atoms. The molecule has 7 nitrogen and oxygen atoms in total. The van der Waals surface area contributed by atoms with Crippen LogP contribution in [0.2, 0.25) is 5.02 Å². The number of nitrogens with one attached hydrogen (secondary N) is 2. The molecule has 0 aromatic heterocycles. The van der Waals surface area contributed by atoms with Crippen molar-refractivity contribution in [3.05, 3.63) is 17.2 Å². The number of carbonyl (C=O) groups excluding carboxylic acids is 1. The quantitative estimate of drug-likeness (QED) is 0.802. The zero-order chi connectivity index (χ0) is 15.0. The van der Waals surface area contributed by atoms with E-state index in [2.05, 4.69) is 10.6 Å². The van der Waals surface area contributed by atoms with Crippen LogP contribution < -0.4 is 15.4 Å². The van der Waals surface area contributed by atoms with Crippen molar-refractivity contribution in [1.82, 2.24) is 9.62 Å². The minimum Gasteiger partial charge on any atom is -0.482 e. The van der Waals surface area contributed by atoms with Gasteiger partial charge in [-0.05, 0) is 6.07 Å². The third-order valence-corrected chi connectivity index (χ3v) is 5.72. The van der Waals surface area contributed by atoms with Crippen LogP contribution in [0.3, 0.4) is 0 Å². The number of halogens is 2. The van der Waals surface area contributed by atoms with Crippen LogP contribution in [0.1, 0.15) is 0 Å². The van der Waals surface area contributed by atoms with Gasteiger partial charge in [0.1, 0.15) is 10.6 Å². The minimum absolute atomic E-state index is 0. The zero-order valence-corrected chi connectivity index (χ0v) is 13.9. The van der Waals surface area contributed by atoms with Gasteiger partial charge in [-0.15, -0.1) is 12.4 Å². The smallest absolute Gasteiger partial charge is 0.262 e. The van der Waals surface area contributed by atoms with Crippen LogP contribution in [0, 0.1) is 0 Å². The highest BCUT2D eigenvalue weighted by molar-refractivity contribution is 7.89. The Hall–Kier alpha value is -1.06. The lowest BCUT2D eigenvalue weighted by molar-refractivity contribution is -0.118. The Labute approximate surface area is 139 Å². The van der Waals surface area contributed by atoms with E-state index in [0.29, 0.717) is 37.6 Å². The van der Waals surface area contributed by atoms with Crippen molar-refractivity contribution in [2.75, 3.05) is 38.1 Å². The summed E-state index contributed by atoms with van der Waals surface area (Å²) in [6, 6.07) is 2.78. The fourth-order valence-corrected chi connectivity index (χ4v) is 4.26. The Morgan fingerprint density at radius 2 is 1.91 bits per heavy atom. The Morgan fingerprint density at radius 3 is 2.59 bits per heavy atom. The number of benzene rings is 1. The van der Waals surface area contributed by atoms with Gasteiger partial charge >= 0.3 is 0 Å². The summed E-state index contributed by atoms with van der Waals surface area (Å²) in [5.74, 6) is 0.0176. The SMILES string of the molecule is Cl.O=C1COc2cc(S(=O)(=O)N3CCNCC3)c(Cl)cc2N1. The molecule has 122 valence electrons. The van der Waals surface area contributed by atoms with Gasteiger partial charge in [-0.3, -0.25) is 4.79 Å². The van der Waals surface area contributed by atoms with E-state index < -0.39 is 10.0 Å². The lowest BCUT2D eigenvalue weighted by atomic mass is 10.2. The summed E-state index contributed by atoms with van der Waals surface area (Å²) in [5, 5.41) is 5.76. The lowest BCUT2D eigenvalue weighted by Gasteiger charge is -2.27. The number of nitrogens with zero attached hydrogens (tertiary/aromatic N) is 1. The average molecular weight is 368 g/mol. The predicted molar refractivity (Wildman–Crippen MR) is 84.5 cm³/mol. The van der Waals surface area contributed by atoms with Crippen LogP contribution in [0.15, 0.2) is 17.0 Å². The van der Waals surface area contributed by atoms with Gasteiger partial charge in [0.05, 0.1) is 10.7 Å². The number of sulfonamides is 1. The molecule has 0 unspecified atom stereocenters. The second-order valence-corrected chi connectivity index (χ2v) is 7.08. The molecule has 1 amide bonds. The second-order valence-electron chi connectivity index (χ2n) is 4.77. The summed E-state index contributed by atoms with van der Waals surface area (Å²) in [6.07, 6.45) is 0. The van der Waals surface area contributed by atoms with Gasteiger partial charge in [0.15, 0.2) is 6.61 Å². The maximum absolute atomic E-state index is 12.6. The summed E-state index contributed by atoms with van der Waals surface area (Å²) in [5.41, 5.74) is 0.385. The number of piperazine rings is 1. The first-order valence-corrected chi connectivity index (χ1v) is 8.27. The molecule has 2 aliphatic heterocycles. The lowest BCUT2D eigenvalue weighted by Crippen LogP contribution is -2.46. The molecule has 2 heterocycles. The molecule has 22 heavy (non-hydrogen) atoms. The zero-order valence-electron chi connectivity index (χ0n) is 11.5. The molecule has 0 aliphatic carbocycles. The molecular formula is C12H15Cl2N3O4S. The average Bonchev–Trinajstić information content (AvgIpc) is 2.47. The first kappa shape index (κ1) is 17.3. The summed E-state index contributed by atoms with van der Waals surface area (Å²) in [7, 11) is -3.67. The number of fused-ring (bicyclic) bond motifs is 1. The molecule has 0 radical (unpaired) electrons. The molecular weight excluding hydrogens is 353 g/mol. The number of hydrogen-bond acceptors (Lipinski definition) is 5. The molecule has 0 atom stereocenters. The summed E-state index contributed by atoms with van der Waals surface area (Å²) in [4.78, 5) is 11.3. The van der Waals surface area contributed by atoms with Crippen molar-refractivity contribution in [2.45, 2.75) is 4.90 Å². The van der Waals surface area contributed by atoms with Gasteiger partial charge in [0, 0.05) is 32.2 Å². The van der Waals surface area contributed by atoms with Crippen molar-refractivity contribution < 1.29 is 17.9 Å². The van der Waals surface area contributed by atoms with Crippen molar-refractivity contribution in [3.63, 3.8) is 0 Å². The van der Waals surface area contributed by atoms with Gasteiger partial charge in [0.2, 0.25) is 10.0 Å². The third-order valence-electron chi connectivity index (χ3n) is 3.36. The molecule has 1 fully saturated rings. The van der Waals surface area contributed by atoms with E-state index in [-0.39, 0.29) is 34.8 Å². The molecule has 3 rings (SSSR count). The van der Waals surface area contributed by atoms with Crippen LogP contribution in [0.25, 0.3) is 0 Å². The summed E-state index contributed by atoms with van der Waals surface area (Å²) in [6.45, 7) is 1.87. The number of carbonyl (C=O) groups is 1. The highest BCUT2D eigenvalue weighted by Gasteiger charge is 2.30. The maximum Gasteiger partial charge on any atom is 0.262 e. The van der Waals surface area contributed by atoms with E-state index in [4.69, 9.17) is 16.3 Å². The molecule has 0 spiro atoms. The predicted octanol–water partition coefficient (Wildman–Crippen LogP) is 0.687. The van der Waals surface area contributed by atoms with Gasteiger partial charge < -0.3 is 15.4 Å². The fourth-order valence-electron chi connectivity index (χ4n) is 2.30. The van der Waals surface area contributed by atoms with Crippen LogP contribution >= 0.6 is 24.0 Å². The molecule has 0 saturated carbocycles. The fraction of sp³-hybridized carbons (Fsp3) is 0.417. The number of rotatable bonds is 2. The Kier molecular flexibility index (Phi) is 5.18. The highest BCUT2D eigenvalue weighted by Crippen LogP contribution is 2.36. The minimum atomic E-state index is -3.67. The van der Waals surface area contributed by atoms with Crippen LogP contribution in [-0.2, 0) is 14.8 Å². The van der Waals surface area contributed by atoms with E-state index in [1.165, 1.54) is 16.4 Å². The van der Waals surface area contributed by atoms with E-state index >= 15 is 0 Å². The summed E-state index contributed by atoms with van der Waals surface area (Å²) >= 11 is 6.08. The number of anilines is 1. The van der Waals surface area contributed by atoms with Gasteiger partial charge in [-0.25, -0.2) is 8.42 Å². The molecule has 1 aromatic rings. The van der Waals surface area contributed by atoms with E-state index in [9.17, 15) is 13.2 Å². The normalized spacial score (nSPS) is 18.7. The Bertz CT molecular complexity index is 690. The van der Waals surface area contributed by atoms with Gasteiger partial charge in [0.25, 0.3) is 5.91 Å². The standard InChI is InChI=1S/C12H14ClN3O4S.ClH/c13-8-5-9-10(20-7-12(17)15-9)6-11(8)21(18,19)16-3-1-14-2-4-16;/h5-6,14H,1-4,7H2,(H,15,17);1H. The highest BCUT2D eigenvalue weighted by atomic mass is 35.5. The van der Waals surface area contributed by atoms with Crippen molar-refractivity contribution in [2.24, 2.45) is 0 Å². The van der Waals surface area contributed by atoms with Gasteiger partial charge in [-0.2, -0.15) is 4.31 Å². The van der Waals surface area contributed by atoms with E-state index in [0.717, 1.165) is 0 Å². The third kappa shape index (κ3) is 3.16. The van der Waals surface area contributed by atoms with E-state index in [1.54, 1.807) is 0 Å². The second kappa shape index (κ2) is 6.59. The topological polar surface area (TPSA) is 87.7 Å². The van der Waals surface area contributed by atoms with Crippen LogP contribution in [0.5, 0.6) is 5.75 Å². The molecule has 2 aliphatic rings. The van der Waals surface area contributed by atoms with Gasteiger partial charge in [-0.1, -0.05) is 11.6 Å². The van der Waals surface area contributed by atoms with Crippen molar-refractivity contribution >= 4 is 45.6 Å². The Balaban J connectivity index is 0.00000176. The summed E-state index contributed by atoms with van der Waals surface area (Å²) < 4.78 is 31.9. The molecule has 2 N–H and O–H groups in total. The number of ether oxygens (including phenoxy) is 1. The Morgan fingerprint density at radius 1 is 1.23 bits per heavy atom. The van der Waals surface area contributed by atoms with Crippen molar-refractivity contribution in [3.8, 4) is 5.75 Å². The first-order chi connectivity index (χ1) is 9.98. The van der Waals surface area contributed by atoms with Crippen molar-refractivity contribution in [1.29, 1.82) is 0 Å². The molecule has 1 saturated heterocycles.